The highest BCUT2D eigenvalue weighted by molar-refractivity contribution is 5.77. The Bertz CT molecular complexity index is 2180. The lowest BCUT2D eigenvalue weighted by Gasteiger charge is -2.52. The van der Waals surface area contributed by atoms with E-state index in [2.05, 4.69) is 29.8 Å². The van der Waals surface area contributed by atoms with Gasteiger partial charge in [-0.25, -0.2) is 4.79 Å². The molecule has 0 unspecified atom stereocenters. The molecule has 0 aromatic rings. The standard InChI is InChI=1S/C67H121N3O26/c1-5-7-9-11-13-15-17-19-20-22-24-26-28-30-32-34-50(80)70-43(44(77)33-31-29-27-25-23-21-18-16-14-12-10-8-6-2)40-89-64-57(85)56(84)59(48(38-73)91-64)93-65-58(86)62(60(49(39-74)92-65)94-63-52(69-42(4)76)55(83)54(82)47(37-72)90-63)96-67(66(87)88)35-45(78)51(68-41(3)75)61(95-67)53(81)46(79)36-71/h31,33,43-49,51-65,71-74,77-79,81-86H,5-30,32,34-40H2,1-4H3,(H,68,75)(H,69,76)(H,70,80)(H,87,88)/b33-31+/t43-,44+,45-,46+,47+,48+,49+,51+,52+,53+,54-,55+,56+,57+,58+,59+,60-,61+,62+,63-,64+,65-,67-/m1/s1. The topological polar surface area (TPSA) is 461 Å². The van der Waals surface area contributed by atoms with Gasteiger partial charge >= 0.3 is 5.97 Å². The van der Waals surface area contributed by atoms with E-state index in [0.717, 1.165) is 65.2 Å². The van der Waals surface area contributed by atoms with Crippen molar-refractivity contribution >= 4 is 23.7 Å². The Balaban J connectivity index is 1.54. The number of amides is 3. The monoisotopic (exact) mass is 1380 g/mol. The van der Waals surface area contributed by atoms with Gasteiger partial charge < -0.3 is 125 Å². The van der Waals surface area contributed by atoms with Crippen molar-refractivity contribution < 1.29 is 129 Å². The zero-order valence-corrected chi connectivity index (χ0v) is 57.1. The van der Waals surface area contributed by atoms with Gasteiger partial charge in [-0.15, -0.1) is 0 Å². The van der Waals surface area contributed by atoms with Gasteiger partial charge in [-0.1, -0.05) is 180 Å². The highest BCUT2D eigenvalue weighted by Gasteiger charge is 2.61. The van der Waals surface area contributed by atoms with Gasteiger partial charge in [0, 0.05) is 26.7 Å². The molecule has 0 spiro atoms. The molecule has 0 aliphatic carbocycles. The molecule has 0 bridgehead atoms. The van der Waals surface area contributed by atoms with Crippen molar-refractivity contribution in [1.82, 2.24) is 16.0 Å². The molecule has 0 saturated carbocycles. The van der Waals surface area contributed by atoms with Crippen LogP contribution in [-0.4, -0.2) is 269 Å². The van der Waals surface area contributed by atoms with E-state index in [1.807, 2.05) is 6.08 Å². The number of carboxylic acids is 1. The van der Waals surface area contributed by atoms with Crippen molar-refractivity contribution in [1.29, 1.82) is 0 Å². The Morgan fingerprint density at radius 2 is 1.01 bits per heavy atom. The van der Waals surface area contributed by atoms with Crippen LogP contribution < -0.4 is 16.0 Å². The summed E-state index contributed by atoms with van der Waals surface area (Å²) in [7, 11) is 0. The highest BCUT2D eigenvalue weighted by Crippen LogP contribution is 2.40. The van der Waals surface area contributed by atoms with Crippen LogP contribution in [0, 0.1) is 0 Å². The largest absolute Gasteiger partial charge is 0.477 e. The molecule has 4 aliphatic heterocycles. The average molecular weight is 1380 g/mol. The molecular weight excluding hydrogens is 1260 g/mol. The molecule has 96 heavy (non-hydrogen) atoms. The van der Waals surface area contributed by atoms with Crippen molar-refractivity contribution in [2.75, 3.05) is 33.0 Å². The SMILES string of the molecule is CCCCCCCCCCCCC/C=C/[C@H](O)[C@@H](CO[C@H]1O[C@@H](CO)[C@H](O[C@H]2O[C@@H](CO)[C@@H](O[C@H]3O[C@@H](CO)[C@@H](O)[C@@H](O)[C@@H]3NC(C)=O)[C@@H](O[C@@]3(C(=O)O)C[C@@H](O)[C@H](NC(C)=O)[C@@H]([C@@H](O)[C@@H](O)CO)O3)[C@@H]2O)[C@@H](O)[C@@H]1O)NC(=O)CCCCCCCCCCCCCCCCC. The van der Waals surface area contributed by atoms with E-state index in [1.165, 1.54) is 109 Å². The Morgan fingerprint density at radius 3 is 1.51 bits per heavy atom. The predicted octanol–water partition coefficient (Wildman–Crippen LogP) is 1.13. The van der Waals surface area contributed by atoms with Gasteiger partial charge in [0.25, 0.3) is 5.79 Å². The molecule has 4 fully saturated rings. The summed E-state index contributed by atoms with van der Waals surface area (Å²) in [5.74, 6) is -7.36. The molecule has 3 amide bonds. The lowest BCUT2D eigenvalue weighted by molar-refractivity contribution is -0.401. The van der Waals surface area contributed by atoms with Gasteiger partial charge in [-0.05, 0) is 19.3 Å². The number of aliphatic hydroxyl groups is 13. The van der Waals surface area contributed by atoms with Gasteiger partial charge in [0.1, 0.15) is 91.5 Å². The van der Waals surface area contributed by atoms with Crippen molar-refractivity contribution in [2.24, 2.45) is 0 Å². The van der Waals surface area contributed by atoms with Crippen molar-refractivity contribution in [2.45, 2.75) is 354 Å². The smallest absolute Gasteiger partial charge is 0.364 e. The van der Waals surface area contributed by atoms with Crippen molar-refractivity contribution in [3.05, 3.63) is 12.2 Å². The average Bonchev–Trinajstić information content (AvgIpc) is 0.761. The number of hydrogen-bond donors (Lipinski definition) is 17. The van der Waals surface area contributed by atoms with Crippen LogP contribution in [0.3, 0.4) is 0 Å². The Morgan fingerprint density at radius 1 is 0.542 bits per heavy atom. The van der Waals surface area contributed by atoms with E-state index >= 15 is 0 Å². The minimum atomic E-state index is -3.28. The van der Waals surface area contributed by atoms with Crippen LogP contribution in [0.25, 0.3) is 0 Å². The van der Waals surface area contributed by atoms with E-state index in [1.54, 1.807) is 6.08 Å². The van der Waals surface area contributed by atoms with E-state index < -0.39 is 198 Å². The van der Waals surface area contributed by atoms with Crippen LogP contribution in [0.5, 0.6) is 0 Å². The number of rotatable bonds is 49. The molecule has 0 radical (unpaired) electrons. The number of nitrogens with one attached hydrogen (secondary N) is 3. The fourth-order valence-corrected chi connectivity index (χ4v) is 12.8. The van der Waals surface area contributed by atoms with Crippen LogP contribution in [0.4, 0.5) is 0 Å². The lowest BCUT2D eigenvalue weighted by atomic mass is 9.88. The molecule has 29 nitrogen and oxygen atoms in total. The number of ether oxygens (including phenoxy) is 8. The van der Waals surface area contributed by atoms with Crippen LogP contribution in [0.1, 0.15) is 214 Å². The molecule has 4 saturated heterocycles. The normalized spacial score (nSPS) is 32.3. The minimum Gasteiger partial charge on any atom is -0.477 e. The molecule has 4 rings (SSSR count). The van der Waals surface area contributed by atoms with Crippen LogP contribution >= 0.6 is 0 Å². The molecule has 29 heteroatoms. The molecular formula is C67H121N3O26. The van der Waals surface area contributed by atoms with E-state index in [9.17, 15) is 90.7 Å². The third kappa shape index (κ3) is 27.6. The maximum atomic E-state index is 13.6. The summed E-state index contributed by atoms with van der Waals surface area (Å²) >= 11 is 0. The Labute approximate surface area is 565 Å². The summed E-state index contributed by atoms with van der Waals surface area (Å²) in [6, 6.07) is -4.52. The number of allylic oxidation sites excluding steroid dienone is 1. The number of aliphatic carboxylic acids is 1. The summed E-state index contributed by atoms with van der Waals surface area (Å²) in [6.07, 6.45) is -4.64. The second kappa shape index (κ2) is 46.3. The summed E-state index contributed by atoms with van der Waals surface area (Å²) in [5, 5.41) is 163. The first-order valence-electron chi connectivity index (χ1n) is 35.6. The van der Waals surface area contributed by atoms with Crippen LogP contribution in [0.2, 0.25) is 0 Å². The van der Waals surface area contributed by atoms with Gasteiger partial charge in [0.2, 0.25) is 17.7 Å². The quantitative estimate of drug-likeness (QED) is 0.0300. The first-order chi connectivity index (χ1) is 46.0. The maximum absolute atomic E-state index is 13.6. The number of carboxylic acid groups (broad SMARTS) is 1. The van der Waals surface area contributed by atoms with Crippen molar-refractivity contribution in [3.63, 3.8) is 0 Å². The minimum absolute atomic E-state index is 0.162. The zero-order valence-electron chi connectivity index (χ0n) is 57.1. The lowest BCUT2D eigenvalue weighted by Crippen LogP contribution is -2.72. The fourth-order valence-electron chi connectivity index (χ4n) is 12.8. The van der Waals surface area contributed by atoms with Gasteiger partial charge in [-0.3, -0.25) is 14.4 Å². The molecule has 17 N–H and O–H groups in total. The first-order valence-corrected chi connectivity index (χ1v) is 35.6. The fraction of sp³-hybridized carbons (Fsp3) is 0.910. The third-order valence-corrected chi connectivity index (χ3v) is 18.5. The second-order valence-corrected chi connectivity index (χ2v) is 26.5. The Hall–Kier alpha value is -3.22. The number of carbonyl (C=O) groups is 4. The molecule has 4 aliphatic rings. The number of carbonyl (C=O) groups excluding carboxylic acids is 3. The number of hydrogen-bond acceptors (Lipinski definition) is 25. The number of aliphatic hydroxyl groups excluding tert-OH is 13. The van der Waals surface area contributed by atoms with E-state index in [4.69, 9.17) is 37.9 Å². The summed E-state index contributed by atoms with van der Waals surface area (Å²) in [4.78, 5) is 51.9. The zero-order chi connectivity index (χ0) is 70.7. The summed E-state index contributed by atoms with van der Waals surface area (Å²) < 4.78 is 47.9. The second-order valence-electron chi connectivity index (χ2n) is 26.5. The predicted molar refractivity (Wildman–Crippen MR) is 346 cm³/mol. The molecule has 560 valence electrons. The first kappa shape index (κ1) is 85.2. The maximum Gasteiger partial charge on any atom is 0.364 e. The van der Waals surface area contributed by atoms with Gasteiger partial charge in [0.15, 0.2) is 18.9 Å². The molecule has 4 heterocycles. The molecule has 23 atom stereocenters. The molecule has 0 aromatic heterocycles. The van der Waals surface area contributed by atoms with Crippen LogP contribution in [-0.2, 0) is 57.1 Å². The van der Waals surface area contributed by atoms with Crippen LogP contribution in [0.15, 0.2) is 12.2 Å². The van der Waals surface area contributed by atoms with E-state index in [-0.39, 0.29) is 12.3 Å². The third-order valence-electron chi connectivity index (χ3n) is 18.5. The summed E-state index contributed by atoms with van der Waals surface area (Å²) in [5.41, 5.74) is 0. The van der Waals surface area contributed by atoms with Gasteiger partial charge in [-0.2, -0.15) is 0 Å². The van der Waals surface area contributed by atoms with E-state index in [0.29, 0.717) is 12.8 Å². The highest BCUT2D eigenvalue weighted by atomic mass is 16.8. The Kier molecular flexibility index (Phi) is 41.1. The summed E-state index contributed by atoms with van der Waals surface area (Å²) in [6.45, 7) is 1.73. The number of unbranched alkanes of at least 4 members (excludes halogenated alkanes) is 25. The molecule has 0 aromatic carbocycles. The van der Waals surface area contributed by atoms with Crippen molar-refractivity contribution in [3.8, 4) is 0 Å². The van der Waals surface area contributed by atoms with Gasteiger partial charge in [0.05, 0.1) is 57.3 Å².